The van der Waals surface area contributed by atoms with E-state index in [-0.39, 0.29) is 24.0 Å². The van der Waals surface area contributed by atoms with Gasteiger partial charge in [-0.1, -0.05) is 60.7 Å². The molecular formula is C19H26IN3. The van der Waals surface area contributed by atoms with Crippen LogP contribution in [0, 0.1) is 0 Å². The summed E-state index contributed by atoms with van der Waals surface area (Å²) in [5.74, 6) is 0.851. The van der Waals surface area contributed by atoms with E-state index in [1.54, 1.807) is 0 Å². The molecule has 0 aliphatic carbocycles. The van der Waals surface area contributed by atoms with Crippen LogP contribution < -0.4 is 10.6 Å². The van der Waals surface area contributed by atoms with Crippen LogP contribution in [0.4, 0.5) is 0 Å². The molecule has 0 spiro atoms. The largest absolute Gasteiger partial charge is 0.354 e. The maximum Gasteiger partial charge on any atom is 0.191 e. The second-order valence-corrected chi connectivity index (χ2v) is 5.48. The number of nitrogens with one attached hydrogen (secondary N) is 2. The topological polar surface area (TPSA) is 36.4 Å². The van der Waals surface area contributed by atoms with Crippen LogP contribution in [0.15, 0.2) is 65.7 Å². The van der Waals surface area contributed by atoms with Crippen molar-refractivity contribution >= 4 is 29.9 Å². The van der Waals surface area contributed by atoms with Gasteiger partial charge < -0.3 is 10.6 Å². The fraction of sp³-hybridized carbons (Fsp3) is 0.316. The molecule has 0 bridgehead atoms. The molecule has 2 aromatic carbocycles. The van der Waals surface area contributed by atoms with Crippen molar-refractivity contribution in [3.05, 3.63) is 71.8 Å². The number of halogens is 1. The van der Waals surface area contributed by atoms with Gasteiger partial charge in [-0.3, -0.25) is 4.99 Å². The highest BCUT2D eigenvalue weighted by Crippen LogP contribution is 2.04. The minimum atomic E-state index is 0. The lowest BCUT2D eigenvalue weighted by molar-refractivity contribution is 0.593. The zero-order valence-corrected chi connectivity index (χ0v) is 16.2. The molecule has 0 aliphatic rings. The second kappa shape index (κ2) is 11.0. The van der Waals surface area contributed by atoms with Crippen LogP contribution in [0.1, 0.15) is 24.5 Å². The van der Waals surface area contributed by atoms with Crippen molar-refractivity contribution < 1.29 is 0 Å². The summed E-state index contributed by atoms with van der Waals surface area (Å²) in [7, 11) is 1.81. The predicted molar refractivity (Wildman–Crippen MR) is 109 cm³/mol. The fourth-order valence-corrected chi connectivity index (χ4v) is 2.31. The third kappa shape index (κ3) is 7.50. The van der Waals surface area contributed by atoms with E-state index in [4.69, 9.17) is 0 Å². The Morgan fingerprint density at radius 1 is 0.957 bits per heavy atom. The predicted octanol–water partition coefficient (Wildman–Crippen LogP) is 3.99. The third-order valence-electron chi connectivity index (χ3n) is 3.62. The summed E-state index contributed by atoms with van der Waals surface area (Å²) in [6.07, 6.45) is 2.15. The zero-order chi connectivity index (χ0) is 15.6. The minimum Gasteiger partial charge on any atom is -0.354 e. The van der Waals surface area contributed by atoms with Crippen LogP contribution in [0.25, 0.3) is 0 Å². The Kier molecular flexibility index (Phi) is 9.36. The van der Waals surface area contributed by atoms with Crippen LogP contribution in [0.5, 0.6) is 0 Å². The quantitative estimate of drug-likeness (QED) is 0.419. The molecule has 2 rings (SSSR count). The lowest BCUT2D eigenvalue weighted by Gasteiger charge is -2.18. The van der Waals surface area contributed by atoms with Gasteiger partial charge in [0.05, 0.1) is 0 Å². The lowest BCUT2D eigenvalue weighted by atomic mass is 10.1. The number of hydrogen-bond acceptors (Lipinski definition) is 1. The van der Waals surface area contributed by atoms with Crippen LogP contribution in [0.3, 0.4) is 0 Å². The first-order chi connectivity index (χ1) is 10.8. The van der Waals surface area contributed by atoms with Crippen molar-refractivity contribution in [2.75, 3.05) is 7.05 Å². The normalized spacial score (nSPS) is 12.2. The van der Waals surface area contributed by atoms with Gasteiger partial charge in [0, 0.05) is 19.6 Å². The molecule has 0 saturated carbocycles. The minimum absolute atomic E-state index is 0. The molecule has 2 N–H and O–H groups in total. The van der Waals surface area contributed by atoms with Gasteiger partial charge in [-0.2, -0.15) is 0 Å². The number of aryl methyl sites for hydroxylation is 1. The summed E-state index contributed by atoms with van der Waals surface area (Å²) in [4.78, 5) is 4.29. The highest BCUT2D eigenvalue weighted by atomic mass is 127. The van der Waals surface area contributed by atoms with Gasteiger partial charge in [0.2, 0.25) is 0 Å². The number of hydrogen-bond donors (Lipinski definition) is 2. The summed E-state index contributed by atoms with van der Waals surface area (Å²) in [5.41, 5.74) is 2.63. The average molecular weight is 423 g/mol. The molecule has 2 aromatic rings. The third-order valence-corrected chi connectivity index (χ3v) is 3.62. The van der Waals surface area contributed by atoms with Crippen LogP contribution in [-0.2, 0) is 13.0 Å². The molecule has 0 aliphatic heterocycles. The van der Waals surface area contributed by atoms with E-state index in [1.807, 2.05) is 13.1 Å². The average Bonchev–Trinajstić information content (AvgIpc) is 2.58. The van der Waals surface area contributed by atoms with Crippen molar-refractivity contribution in [3.8, 4) is 0 Å². The first kappa shape index (κ1) is 19.5. The van der Waals surface area contributed by atoms with Crippen molar-refractivity contribution in [2.45, 2.75) is 32.4 Å². The molecule has 1 unspecified atom stereocenters. The molecule has 0 fully saturated rings. The molecule has 3 nitrogen and oxygen atoms in total. The molecule has 1 atom stereocenters. The van der Waals surface area contributed by atoms with Crippen molar-refractivity contribution in [3.63, 3.8) is 0 Å². The molecule has 4 heteroatoms. The highest BCUT2D eigenvalue weighted by molar-refractivity contribution is 14.0. The molecule has 0 heterocycles. The number of guanidine groups is 1. The molecular weight excluding hydrogens is 397 g/mol. The van der Waals surface area contributed by atoms with Crippen LogP contribution in [-0.4, -0.2) is 19.0 Å². The molecule has 0 radical (unpaired) electrons. The van der Waals surface area contributed by atoms with E-state index >= 15 is 0 Å². The van der Waals surface area contributed by atoms with E-state index in [0.29, 0.717) is 6.04 Å². The Labute approximate surface area is 156 Å². The monoisotopic (exact) mass is 423 g/mol. The molecule has 0 saturated heterocycles. The Morgan fingerprint density at radius 3 is 2.09 bits per heavy atom. The maximum atomic E-state index is 4.29. The van der Waals surface area contributed by atoms with Crippen molar-refractivity contribution in [2.24, 2.45) is 4.99 Å². The van der Waals surface area contributed by atoms with E-state index in [1.165, 1.54) is 11.1 Å². The number of aliphatic imine (C=N–C) groups is 1. The van der Waals surface area contributed by atoms with Gasteiger partial charge in [-0.05, 0) is 30.9 Å². The van der Waals surface area contributed by atoms with Gasteiger partial charge in [-0.15, -0.1) is 24.0 Å². The number of rotatable bonds is 6. The lowest BCUT2D eigenvalue weighted by Crippen LogP contribution is -2.42. The Balaban J connectivity index is 0.00000264. The smallest absolute Gasteiger partial charge is 0.191 e. The summed E-state index contributed by atoms with van der Waals surface area (Å²) in [6.45, 7) is 2.98. The zero-order valence-electron chi connectivity index (χ0n) is 13.8. The first-order valence-electron chi connectivity index (χ1n) is 7.83. The van der Waals surface area contributed by atoms with Gasteiger partial charge in [0.15, 0.2) is 5.96 Å². The van der Waals surface area contributed by atoms with Crippen molar-refractivity contribution in [1.29, 1.82) is 0 Å². The molecule has 0 amide bonds. The van der Waals surface area contributed by atoms with Gasteiger partial charge in [0.1, 0.15) is 0 Å². The van der Waals surface area contributed by atoms with E-state index in [0.717, 1.165) is 25.3 Å². The maximum absolute atomic E-state index is 4.29. The molecule has 124 valence electrons. The van der Waals surface area contributed by atoms with Gasteiger partial charge in [0.25, 0.3) is 0 Å². The summed E-state index contributed by atoms with van der Waals surface area (Å²) < 4.78 is 0. The Bertz CT molecular complexity index is 570. The summed E-state index contributed by atoms with van der Waals surface area (Å²) in [5, 5.41) is 6.80. The number of benzene rings is 2. The molecule has 23 heavy (non-hydrogen) atoms. The second-order valence-electron chi connectivity index (χ2n) is 5.48. The standard InChI is InChI=1S/C19H25N3.HI/c1-16(13-14-17-9-5-3-6-10-17)22-19(20-2)21-15-18-11-7-4-8-12-18;/h3-12,16H,13-15H2,1-2H3,(H2,20,21,22);1H. The SMILES string of the molecule is CN=C(NCc1ccccc1)NC(C)CCc1ccccc1.I. The summed E-state index contributed by atoms with van der Waals surface area (Å²) in [6, 6.07) is 21.3. The van der Waals surface area contributed by atoms with Gasteiger partial charge >= 0.3 is 0 Å². The van der Waals surface area contributed by atoms with Crippen LogP contribution in [0.2, 0.25) is 0 Å². The first-order valence-corrected chi connectivity index (χ1v) is 7.83. The number of nitrogens with zero attached hydrogens (tertiary/aromatic N) is 1. The molecule has 0 aromatic heterocycles. The van der Waals surface area contributed by atoms with E-state index in [9.17, 15) is 0 Å². The highest BCUT2D eigenvalue weighted by Gasteiger charge is 2.05. The summed E-state index contributed by atoms with van der Waals surface area (Å²) >= 11 is 0. The fourth-order valence-electron chi connectivity index (χ4n) is 2.31. The Morgan fingerprint density at radius 2 is 1.52 bits per heavy atom. The van der Waals surface area contributed by atoms with Crippen LogP contribution >= 0.6 is 24.0 Å². The van der Waals surface area contributed by atoms with E-state index < -0.39 is 0 Å². The van der Waals surface area contributed by atoms with Gasteiger partial charge in [-0.25, -0.2) is 0 Å². The Hall–Kier alpha value is -1.56. The van der Waals surface area contributed by atoms with Crippen molar-refractivity contribution in [1.82, 2.24) is 10.6 Å². The van der Waals surface area contributed by atoms with E-state index in [2.05, 4.69) is 77.1 Å².